The first kappa shape index (κ1) is 26.1. The van der Waals surface area contributed by atoms with Gasteiger partial charge in [0, 0.05) is 30.3 Å². The second kappa shape index (κ2) is 12.2. The van der Waals surface area contributed by atoms with E-state index in [0.29, 0.717) is 48.6 Å². The van der Waals surface area contributed by atoms with E-state index in [1.165, 1.54) is 0 Å². The summed E-state index contributed by atoms with van der Waals surface area (Å²) in [6.45, 7) is 4.94. The number of piperidine rings is 1. The second-order valence-corrected chi connectivity index (χ2v) is 8.86. The molecule has 8 heteroatoms. The van der Waals surface area contributed by atoms with Crippen LogP contribution in [0.2, 0.25) is 0 Å². The van der Waals surface area contributed by atoms with Gasteiger partial charge in [0.05, 0.1) is 14.2 Å². The first-order valence-electron chi connectivity index (χ1n) is 12.0. The van der Waals surface area contributed by atoms with Gasteiger partial charge in [-0.15, -0.1) is 0 Å². The zero-order valence-corrected chi connectivity index (χ0v) is 20.9. The largest absolute Gasteiger partial charge is 0.497 e. The molecule has 2 atom stereocenters. The minimum atomic E-state index is -0.697. The van der Waals surface area contributed by atoms with Crippen LogP contribution in [0.15, 0.2) is 48.5 Å². The van der Waals surface area contributed by atoms with Gasteiger partial charge in [-0.2, -0.15) is 0 Å². The maximum Gasteiger partial charge on any atom is 0.253 e. The molecule has 0 radical (unpaired) electrons. The molecule has 3 amide bonds. The Kier molecular flexibility index (Phi) is 9.11. The van der Waals surface area contributed by atoms with Crippen LogP contribution < -0.4 is 20.1 Å². The van der Waals surface area contributed by atoms with Crippen LogP contribution in [-0.4, -0.2) is 62.0 Å². The molecule has 2 N–H and O–H groups in total. The molecule has 2 aromatic carbocycles. The summed E-state index contributed by atoms with van der Waals surface area (Å²) in [6, 6.07) is 13.2. The number of amides is 3. The molecule has 8 nitrogen and oxygen atoms in total. The van der Waals surface area contributed by atoms with E-state index < -0.39 is 6.04 Å². The molecule has 0 bridgehead atoms. The van der Waals surface area contributed by atoms with Crippen molar-refractivity contribution in [3.05, 3.63) is 59.7 Å². The normalized spacial score (nSPS) is 15.6. The Morgan fingerprint density at radius 1 is 0.943 bits per heavy atom. The molecule has 35 heavy (non-hydrogen) atoms. The zero-order chi connectivity index (χ0) is 25.4. The molecule has 3 rings (SSSR count). The molecule has 1 aliphatic rings. The summed E-state index contributed by atoms with van der Waals surface area (Å²) < 4.78 is 10.5. The minimum Gasteiger partial charge on any atom is -0.497 e. The predicted molar refractivity (Wildman–Crippen MR) is 134 cm³/mol. The lowest BCUT2D eigenvalue weighted by Gasteiger charge is -2.36. The Morgan fingerprint density at radius 2 is 1.51 bits per heavy atom. The van der Waals surface area contributed by atoms with E-state index in [4.69, 9.17) is 9.47 Å². The van der Waals surface area contributed by atoms with Gasteiger partial charge in [0.15, 0.2) is 0 Å². The fraction of sp³-hybridized carbons (Fsp3) is 0.444. The standard InChI is InChI=1S/C27H35N3O5/c1-5-18(2)28-26(32)24(29-25(31)20-8-6-10-22(16-20)34-3)19-12-14-30(15-13-19)27(33)21-9-7-11-23(17-21)35-4/h6-11,16-19,24H,5,12-15H2,1-4H3,(H,28,32)(H,29,31)/t18-,24-/m0/s1. The molecule has 1 heterocycles. The molecule has 0 unspecified atom stereocenters. The maximum atomic E-state index is 13.2. The summed E-state index contributed by atoms with van der Waals surface area (Å²) in [7, 11) is 3.11. The van der Waals surface area contributed by atoms with Gasteiger partial charge in [-0.05, 0) is 68.5 Å². The van der Waals surface area contributed by atoms with Gasteiger partial charge >= 0.3 is 0 Å². The van der Waals surface area contributed by atoms with Crippen LogP contribution >= 0.6 is 0 Å². The van der Waals surface area contributed by atoms with Crippen molar-refractivity contribution in [2.45, 2.75) is 45.2 Å². The molecular formula is C27H35N3O5. The number of likely N-dealkylation sites (tertiary alicyclic amines) is 1. The number of nitrogens with zero attached hydrogens (tertiary/aromatic N) is 1. The smallest absolute Gasteiger partial charge is 0.253 e. The Balaban J connectivity index is 1.71. The fourth-order valence-electron chi connectivity index (χ4n) is 4.20. The summed E-state index contributed by atoms with van der Waals surface area (Å²) in [5.41, 5.74) is 0.997. The number of hydrogen-bond acceptors (Lipinski definition) is 5. The van der Waals surface area contributed by atoms with Crippen molar-refractivity contribution in [3.8, 4) is 11.5 Å². The number of carbonyl (C=O) groups excluding carboxylic acids is 3. The van der Waals surface area contributed by atoms with Crippen molar-refractivity contribution in [2.24, 2.45) is 5.92 Å². The van der Waals surface area contributed by atoms with E-state index in [1.54, 1.807) is 67.7 Å². The van der Waals surface area contributed by atoms with Crippen molar-refractivity contribution in [2.75, 3.05) is 27.3 Å². The Hall–Kier alpha value is -3.55. The molecular weight excluding hydrogens is 446 g/mol. The third-order valence-electron chi connectivity index (χ3n) is 6.52. The molecule has 0 aromatic heterocycles. The Bertz CT molecular complexity index is 1030. The number of ether oxygens (including phenoxy) is 2. The number of methoxy groups -OCH3 is 2. The number of rotatable bonds is 9. The zero-order valence-electron chi connectivity index (χ0n) is 20.9. The van der Waals surface area contributed by atoms with Crippen LogP contribution in [0.5, 0.6) is 11.5 Å². The van der Waals surface area contributed by atoms with Crippen LogP contribution in [0.25, 0.3) is 0 Å². The van der Waals surface area contributed by atoms with Crippen LogP contribution in [0.4, 0.5) is 0 Å². The van der Waals surface area contributed by atoms with E-state index in [2.05, 4.69) is 10.6 Å². The van der Waals surface area contributed by atoms with Crippen molar-refractivity contribution in [3.63, 3.8) is 0 Å². The van der Waals surface area contributed by atoms with Gasteiger partial charge in [-0.25, -0.2) is 0 Å². The van der Waals surface area contributed by atoms with E-state index in [9.17, 15) is 14.4 Å². The Morgan fingerprint density at radius 3 is 2.09 bits per heavy atom. The molecule has 0 spiro atoms. The highest BCUT2D eigenvalue weighted by molar-refractivity contribution is 5.98. The average Bonchev–Trinajstić information content (AvgIpc) is 2.91. The van der Waals surface area contributed by atoms with E-state index in [-0.39, 0.29) is 29.7 Å². The highest BCUT2D eigenvalue weighted by Gasteiger charge is 2.34. The van der Waals surface area contributed by atoms with E-state index >= 15 is 0 Å². The van der Waals surface area contributed by atoms with Gasteiger partial charge in [0.25, 0.3) is 11.8 Å². The van der Waals surface area contributed by atoms with Crippen LogP contribution in [0, 0.1) is 5.92 Å². The first-order valence-corrected chi connectivity index (χ1v) is 12.0. The summed E-state index contributed by atoms with van der Waals surface area (Å²) in [6.07, 6.45) is 2.00. The Labute approximate surface area is 207 Å². The molecule has 1 fully saturated rings. The quantitative estimate of drug-likeness (QED) is 0.573. The number of hydrogen-bond donors (Lipinski definition) is 2. The minimum absolute atomic E-state index is 0.00607. The average molecular weight is 482 g/mol. The molecule has 0 saturated carbocycles. The lowest BCUT2D eigenvalue weighted by molar-refractivity contribution is -0.125. The molecule has 1 saturated heterocycles. The van der Waals surface area contributed by atoms with Crippen molar-refractivity contribution in [1.82, 2.24) is 15.5 Å². The van der Waals surface area contributed by atoms with Gasteiger partial charge in [0.1, 0.15) is 17.5 Å². The van der Waals surface area contributed by atoms with Crippen LogP contribution in [0.3, 0.4) is 0 Å². The highest BCUT2D eigenvalue weighted by Crippen LogP contribution is 2.24. The lowest BCUT2D eigenvalue weighted by Crippen LogP contribution is -2.55. The molecule has 0 aliphatic carbocycles. The van der Waals surface area contributed by atoms with E-state index in [1.807, 2.05) is 13.8 Å². The van der Waals surface area contributed by atoms with Gasteiger partial charge in [-0.1, -0.05) is 19.1 Å². The summed E-state index contributed by atoms with van der Waals surface area (Å²) in [5, 5.41) is 5.95. The molecule has 188 valence electrons. The fourth-order valence-corrected chi connectivity index (χ4v) is 4.20. The number of carbonyl (C=O) groups is 3. The summed E-state index contributed by atoms with van der Waals surface area (Å²) in [5.74, 6) is 0.512. The monoisotopic (exact) mass is 481 g/mol. The summed E-state index contributed by atoms with van der Waals surface area (Å²) in [4.78, 5) is 41.0. The second-order valence-electron chi connectivity index (χ2n) is 8.86. The van der Waals surface area contributed by atoms with Gasteiger partial charge < -0.3 is 25.0 Å². The lowest BCUT2D eigenvalue weighted by atomic mass is 9.88. The van der Waals surface area contributed by atoms with Crippen molar-refractivity contribution < 1.29 is 23.9 Å². The van der Waals surface area contributed by atoms with Crippen LogP contribution in [0.1, 0.15) is 53.8 Å². The topological polar surface area (TPSA) is 97.0 Å². The van der Waals surface area contributed by atoms with Crippen molar-refractivity contribution >= 4 is 17.7 Å². The van der Waals surface area contributed by atoms with E-state index in [0.717, 1.165) is 6.42 Å². The van der Waals surface area contributed by atoms with Crippen molar-refractivity contribution in [1.29, 1.82) is 0 Å². The van der Waals surface area contributed by atoms with Crippen LogP contribution in [-0.2, 0) is 4.79 Å². The SMILES string of the molecule is CC[C@H](C)NC(=O)[C@@H](NC(=O)c1cccc(OC)c1)C1CCN(C(=O)c2cccc(OC)c2)CC1. The first-order chi connectivity index (χ1) is 16.9. The van der Waals surface area contributed by atoms with Gasteiger partial charge in [0.2, 0.25) is 5.91 Å². The molecule has 1 aliphatic heterocycles. The highest BCUT2D eigenvalue weighted by atomic mass is 16.5. The predicted octanol–water partition coefficient (Wildman–Crippen LogP) is 3.27. The number of nitrogens with one attached hydrogen (secondary N) is 2. The van der Waals surface area contributed by atoms with Gasteiger partial charge in [-0.3, -0.25) is 14.4 Å². The third-order valence-corrected chi connectivity index (χ3v) is 6.52. The third kappa shape index (κ3) is 6.74. The number of benzene rings is 2. The maximum absolute atomic E-state index is 13.2. The molecule has 2 aromatic rings. The summed E-state index contributed by atoms with van der Waals surface area (Å²) >= 11 is 0.